The van der Waals surface area contributed by atoms with Gasteiger partial charge in [0.15, 0.2) is 18.1 Å². The van der Waals surface area contributed by atoms with Gasteiger partial charge in [0.25, 0.3) is 5.91 Å². The Labute approximate surface area is 128 Å². The average Bonchev–Trinajstić information content (AvgIpc) is 2.52. The summed E-state index contributed by atoms with van der Waals surface area (Å²) in [4.78, 5) is 13.7. The van der Waals surface area contributed by atoms with Crippen LogP contribution in [0.4, 0.5) is 0 Å². The normalized spacial score (nSPS) is 10.3. The number of unbranched alkanes of at least 4 members (excludes halogenated alkanes) is 1. The van der Waals surface area contributed by atoms with Crippen LogP contribution in [0.5, 0.6) is 11.5 Å². The van der Waals surface area contributed by atoms with Crippen LogP contribution in [0.3, 0.4) is 0 Å². The van der Waals surface area contributed by atoms with Crippen LogP contribution in [0.25, 0.3) is 0 Å². The van der Waals surface area contributed by atoms with E-state index in [-0.39, 0.29) is 12.5 Å². The SMILES string of the molecule is CCCCc1ccc(OCC(=O)N(CC)CC)c(OC)c1. The van der Waals surface area contributed by atoms with Gasteiger partial charge in [-0.05, 0) is 44.4 Å². The molecule has 0 saturated carbocycles. The lowest BCUT2D eigenvalue weighted by molar-refractivity contribution is -0.132. The number of benzene rings is 1. The highest BCUT2D eigenvalue weighted by Gasteiger charge is 2.12. The first kappa shape index (κ1) is 17.3. The highest BCUT2D eigenvalue weighted by Crippen LogP contribution is 2.28. The fourth-order valence-electron chi connectivity index (χ4n) is 2.17. The lowest BCUT2D eigenvalue weighted by Gasteiger charge is -2.19. The van der Waals surface area contributed by atoms with Gasteiger partial charge >= 0.3 is 0 Å². The molecular formula is C17H27NO3. The van der Waals surface area contributed by atoms with Crippen molar-refractivity contribution < 1.29 is 14.3 Å². The maximum absolute atomic E-state index is 11.9. The first-order chi connectivity index (χ1) is 10.2. The lowest BCUT2D eigenvalue weighted by Crippen LogP contribution is -2.34. The van der Waals surface area contributed by atoms with Gasteiger partial charge in [-0.3, -0.25) is 4.79 Å². The smallest absolute Gasteiger partial charge is 0.260 e. The third kappa shape index (κ3) is 5.29. The molecule has 118 valence electrons. The van der Waals surface area contributed by atoms with Gasteiger partial charge < -0.3 is 14.4 Å². The molecule has 1 amide bonds. The Morgan fingerprint density at radius 1 is 1.14 bits per heavy atom. The van der Waals surface area contributed by atoms with Crippen molar-refractivity contribution in [2.45, 2.75) is 40.0 Å². The number of rotatable bonds is 9. The Morgan fingerprint density at radius 3 is 2.43 bits per heavy atom. The van der Waals surface area contributed by atoms with E-state index in [1.807, 2.05) is 32.0 Å². The lowest BCUT2D eigenvalue weighted by atomic mass is 10.1. The molecule has 0 heterocycles. The second-order valence-corrected chi connectivity index (χ2v) is 4.94. The molecule has 0 fully saturated rings. The van der Waals surface area contributed by atoms with Crippen LogP contribution in [0.2, 0.25) is 0 Å². The van der Waals surface area contributed by atoms with Gasteiger partial charge in [-0.2, -0.15) is 0 Å². The molecule has 0 saturated heterocycles. The van der Waals surface area contributed by atoms with Crippen molar-refractivity contribution in [2.75, 3.05) is 26.8 Å². The summed E-state index contributed by atoms with van der Waals surface area (Å²) in [7, 11) is 1.62. The number of likely N-dealkylation sites (N-methyl/N-ethyl adjacent to an activating group) is 1. The molecule has 4 heteroatoms. The summed E-state index contributed by atoms with van der Waals surface area (Å²) >= 11 is 0. The minimum Gasteiger partial charge on any atom is -0.493 e. The number of carbonyl (C=O) groups is 1. The molecule has 21 heavy (non-hydrogen) atoms. The van der Waals surface area contributed by atoms with E-state index in [0.29, 0.717) is 24.6 Å². The van der Waals surface area contributed by atoms with Crippen molar-refractivity contribution in [3.05, 3.63) is 23.8 Å². The van der Waals surface area contributed by atoms with Crippen molar-refractivity contribution in [2.24, 2.45) is 0 Å². The molecule has 4 nitrogen and oxygen atoms in total. The van der Waals surface area contributed by atoms with E-state index in [0.717, 1.165) is 12.8 Å². The van der Waals surface area contributed by atoms with E-state index < -0.39 is 0 Å². The Hall–Kier alpha value is -1.71. The largest absolute Gasteiger partial charge is 0.493 e. The van der Waals surface area contributed by atoms with Crippen molar-refractivity contribution in [1.82, 2.24) is 4.90 Å². The number of hydrogen-bond acceptors (Lipinski definition) is 3. The summed E-state index contributed by atoms with van der Waals surface area (Å²) in [5.41, 5.74) is 1.23. The summed E-state index contributed by atoms with van der Waals surface area (Å²) in [5, 5.41) is 0. The number of nitrogens with zero attached hydrogens (tertiary/aromatic N) is 1. The van der Waals surface area contributed by atoms with Gasteiger partial charge in [-0.1, -0.05) is 19.4 Å². The molecule has 0 aliphatic heterocycles. The molecule has 1 aromatic carbocycles. The third-order valence-corrected chi connectivity index (χ3v) is 3.51. The summed E-state index contributed by atoms with van der Waals surface area (Å²) < 4.78 is 11.0. The minimum atomic E-state index is -0.00267. The molecule has 0 unspecified atom stereocenters. The van der Waals surface area contributed by atoms with E-state index in [1.165, 1.54) is 12.0 Å². The predicted octanol–water partition coefficient (Wildman–Crippen LogP) is 3.29. The van der Waals surface area contributed by atoms with E-state index in [1.54, 1.807) is 12.0 Å². The van der Waals surface area contributed by atoms with E-state index >= 15 is 0 Å². The van der Waals surface area contributed by atoms with Gasteiger partial charge in [-0.15, -0.1) is 0 Å². The maximum atomic E-state index is 11.9. The van der Waals surface area contributed by atoms with E-state index in [9.17, 15) is 4.79 Å². The molecule has 0 N–H and O–H groups in total. The van der Waals surface area contributed by atoms with Crippen molar-refractivity contribution >= 4 is 5.91 Å². The topological polar surface area (TPSA) is 38.8 Å². The zero-order valence-electron chi connectivity index (χ0n) is 13.6. The van der Waals surface area contributed by atoms with Gasteiger partial charge in [0, 0.05) is 13.1 Å². The number of ether oxygens (including phenoxy) is 2. The van der Waals surface area contributed by atoms with Crippen LogP contribution < -0.4 is 9.47 Å². The molecule has 1 rings (SSSR count). The van der Waals surface area contributed by atoms with Gasteiger partial charge in [0.2, 0.25) is 0 Å². The molecule has 0 aliphatic rings. The number of hydrogen-bond donors (Lipinski definition) is 0. The van der Waals surface area contributed by atoms with Crippen LogP contribution in [-0.2, 0) is 11.2 Å². The quantitative estimate of drug-likeness (QED) is 0.701. The first-order valence-corrected chi connectivity index (χ1v) is 7.73. The summed E-state index contributed by atoms with van der Waals surface area (Å²) in [6.07, 6.45) is 3.36. The second-order valence-electron chi connectivity index (χ2n) is 4.94. The standard InChI is InChI=1S/C17H27NO3/c1-5-8-9-14-10-11-15(16(12-14)20-4)21-13-17(19)18(6-2)7-3/h10-12H,5-9,13H2,1-4H3. The first-order valence-electron chi connectivity index (χ1n) is 7.73. The molecule has 0 spiro atoms. The molecule has 0 aromatic heterocycles. The zero-order valence-corrected chi connectivity index (χ0v) is 13.6. The van der Waals surface area contributed by atoms with Crippen LogP contribution in [0.1, 0.15) is 39.2 Å². The summed E-state index contributed by atoms with van der Waals surface area (Å²) in [5.74, 6) is 1.31. The maximum Gasteiger partial charge on any atom is 0.260 e. The highest BCUT2D eigenvalue weighted by atomic mass is 16.5. The highest BCUT2D eigenvalue weighted by molar-refractivity contribution is 5.77. The molecule has 0 aliphatic carbocycles. The summed E-state index contributed by atoms with van der Waals surface area (Å²) in [6.45, 7) is 7.55. The number of aryl methyl sites for hydroxylation is 1. The van der Waals surface area contributed by atoms with Crippen LogP contribution in [-0.4, -0.2) is 37.6 Å². The van der Waals surface area contributed by atoms with Crippen LogP contribution >= 0.6 is 0 Å². The van der Waals surface area contributed by atoms with Crippen molar-refractivity contribution in [1.29, 1.82) is 0 Å². The molecule has 0 radical (unpaired) electrons. The minimum absolute atomic E-state index is 0.00267. The third-order valence-electron chi connectivity index (χ3n) is 3.51. The number of methoxy groups -OCH3 is 1. The molecule has 0 atom stereocenters. The molecular weight excluding hydrogens is 266 g/mol. The van der Waals surface area contributed by atoms with Gasteiger partial charge in [0.1, 0.15) is 0 Å². The predicted molar refractivity (Wildman–Crippen MR) is 85.0 cm³/mol. The van der Waals surface area contributed by atoms with E-state index in [2.05, 4.69) is 6.92 Å². The second kappa shape index (κ2) is 9.27. The molecule has 1 aromatic rings. The van der Waals surface area contributed by atoms with Crippen molar-refractivity contribution in [3.63, 3.8) is 0 Å². The van der Waals surface area contributed by atoms with Gasteiger partial charge in [-0.25, -0.2) is 0 Å². The van der Waals surface area contributed by atoms with Crippen molar-refractivity contribution in [3.8, 4) is 11.5 Å². The Bertz CT molecular complexity index is 442. The van der Waals surface area contributed by atoms with Gasteiger partial charge in [0.05, 0.1) is 7.11 Å². The van der Waals surface area contributed by atoms with E-state index in [4.69, 9.17) is 9.47 Å². The molecule has 0 bridgehead atoms. The Morgan fingerprint density at radius 2 is 1.86 bits per heavy atom. The fourth-order valence-corrected chi connectivity index (χ4v) is 2.17. The Kier molecular flexibility index (Phi) is 7.65. The average molecular weight is 293 g/mol. The monoisotopic (exact) mass is 293 g/mol. The number of carbonyl (C=O) groups excluding carboxylic acids is 1. The van der Waals surface area contributed by atoms with Crippen LogP contribution in [0, 0.1) is 0 Å². The fraction of sp³-hybridized carbons (Fsp3) is 0.588. The number of amides is 1. The zero-order chi connectivity index (χ0) is 15.7. The summed E-state index contributed by atoms with van der Waals surface area (Å²) in [6, 6.07) is 5.92. The Balaban J connectivity index is 2.68. The van der Waals surface area contributed by atoms with Crippen LogP contribution in [0.15, 0.2) is 18.2 Å².